The molecule has 1 N–H and O–H groups in total. The van der Waals surface area contributed by atoms with Crippen molar-refractivity contribution in [3.8, 4) is 5.75 Å². The second kappa shape index (κ2) is 7.36. The molecule has 0 unspecified atom stereocenters. The molecule has 0 amide bonds. The van der Waals surface area contributed by atoms with E-state index in [-0.39, 0.29) is 11.2 Å². The van der Waals surface area contributed by atoms with Crippen molar-refractivity contribution in [2.45, 2.75) is 32.7 Å². The van der Waals surface area contributed by atoms with Gasteiger partial charge in [0.1, 0.15) is 23.2 Å². The molecule has 0 saturated carbocycles. The van der Waals surface area contributed by atoms with Crippen molar-refractivity contribution < 1.29 is 9.13 Å². The van der Waals surface area contributed by atoms with Crippen molar-refractivity contribution in [2.24, 2.45) is 0 Å². The molecule has 28 heavy (non-hydrogen) atoms. The second-order valence-electron chi connectivity index (χ2n) is 7.78. The Labute approximate surface area is 168 Å². The fraction of sp³-hybridized carbons (Fsp3) is 0.273. The molecule has 1 aliphatic heterocycles. The van der Waals surface area contributed by atoms with Crippen molar-refractivity contribution in [2.75, 3.05) is 11.9 Å². The van der Waals surface area contributed by atoms with Gasteiger partial charge in [-0.3, -0.25) is 0 Å². The minimum absolute atomic E-state index is 0.000343. The SMILES string of the molecule is CC(C)(C)c1nnc(NCc2ccc3c(c2)OCC=C3c2ccc(F)cc2)s1. The Morgan fingerprint density at radius 1 is 1.11 bits per heavy atom. The summed E-state index contributed by atoms with van der Waals surface area (Å²) in [7, 11) is 0. The van der Waals surface area contributed by atoms with Crippen LogP contribution in [-0.2, 0) is 12.0 Å². The highest BCUT2D eigenvalue weighted by Crippen LogP contribution is 2.35. The third-order valence-corrected chi connectivity index (χ3v) is 5.83. The Morgan fingerprint density at radius 2 is 1.89 bits per heavy atom. The predicted molar refractivity (Wildman–Crippen MR) is 111 cm³/mol. The van der Waals surface area contributed by atoms with Crippen LogP contribution in [0.3, 0.4) is 0 Å². The van der Waals surface area contributed by atoms with Crippen LogP contribution in [0.15, 0.2) is 48.5 Å². The number of ether oxygens (including phenoxy) is 1. The average Bonchev–Trinajstić information content (AvgIpc) is 3.16. The van der Waals surface area contributed by atoms with Gasteiger partial charge in [-0.2, -0.15) is 0 Å². The summed E-state index contributed by atoms with van der Waals surface area (Å²) in [5.41, 5.74) is 4.18. The van der Waals surface area contributed by atoms with Crippen LogP contribution in [0.2, 0.25) is 0 Å². The number of anilines is 1. The highest BCUT2D eigenvalue weighted by atomic mass is 32.1. The van der Waals surface area contributed by atoms with Crippen molar-refractivity contribution in [1.82, 2.24) is 10.2 Å². The fourth-order valence-electron chi connectivity index (χ4n) is 3.02. The molecule has 0 bridgehead atoms. The number of rotatable bonds is 4. The molecule has 3 aromatic rings. The first-order chi connectivity index (χ1) is 13.4. The van der Waals surface area contributed by atoms with Crippen LogP contribution in [-0.4, -0.2) is 16.8 Å². The molecule has 0 atom stereocenters. The van der Waals surface area contributed by atoms with Crippen LogP contribution in [0.1, 0.15) is 42.5 Å². The largest absolute Gasteiger partial charge is 0.489 e. The quantitative estimate of drug-likeness (QED) is 0.642. The Bertz CT molecular complexity index is 1020. The number of fused-ring (bicyclic) bond motifs is 1. The van der Waals surface area contributed by atoms with E-state index in [1.54, 1.807) is 23.5 Å². The van der Waals surface area contributed by atoms with Gasteiger partial charge in [0.15, 0.2) is 0 Å². The molecule has 0 radical (unpaired) electrons. The normalized spacial score (nSPS) is 13.5. The summed E-state index contributed by atoms with van der Waals surface area (Å²) >= 11 is 1.58. The highest BCUT2D eigenvalue weighted by Gasteiger charge is 2.19. The van der Waals surface area contributed by atoms with E-state index in [0.29, 0.717) is 13.2 Å². The molecule has 0 spiro atoms. The van der Waals surface area contributed by atoms with Gasteiger partial charge in [0.25, 0.3) is 0 Å². The standard InChI is InChI=1S/C22H22FN3OS/c1-22(2,3)20-25-26-21(28-20)24-13-14-4-9-18-17(10-11-27-19(18)12-14)15-5-7-16(23)8-6-15/h4-10,12H,11,13H2,1-3H3,(H,24,26). The van der Waals surface area contributed by atoms with Gasteiger partial charge in [-0.1, -0.05) is 56.4 Å². The third kappa shape index (κ3) is 3.92. The van der Waals surface area contributed by atoms with Gasteiger partial charge in [-0.25, -0.2) is 4.39 Å². The van der Waals surface area contributed by atoms with E-state index >= 15 is 0 Å². The minimum atomic E-state index is -0.232. The maximum absolute atomic E-state index is 13.2. The average molecular weight is 396 g/mol. The number of nitrogens with zero attached hydrogens (tertiary/aromatic N) is 2. The molecule has 1 aliphatic rings. The minimum Gasteiger partial charge on any atom is -0.489 e. The van der Waals surface area contributed by atoms with Gasteiger partial charge in [0.2, 0.25) is 5.13 Å². The molecule has 1 aromatic heterocycles. The lowest BCUT2D eigenvalue weighted by atomic mass is 9.94. The number of halogens is 1. The number of hydrogen-bond donors (Lipinski definition) is 1. The van der Waals surface area contributed by atoms with Gasteiger partial charge < -0.3 is 10.1 Å². The van der Waals surface area contributed by atoms with Crippen molar-refractivity contribution in [3.63, 3.8) is 0 Å². The van der Waals surface area contributed by atoms with E-state index in [4.69, 9.17) is 4.74 Å². The molecule has 2 aromatic carbocycles. The maximum atomic E-state index is 13.2. The summed E-state index contributed by atoms with van der Waals surface area (Å²) in [4.78, 5) is 0. The Kier molecular flexibility index (Phi) is 4.89. The van der Waals surface area contributed by atoms with Crippen LogP contribution >= 0.6 is 11.3 Å². The van der Waals surface area contributed by atoms with Gasteiger partial charge >= 0.3 is 0 Å². The van der Waals surface area contributed by atoms with Gasteiger partial charge in [0.05, 0.1) is 0 Å². The summed E-state index contributed by atoms with van der Waals surface area (Å²) in [6.45, 7) is 7.53. The Morgan fingerprint density at radius 3 is 2.61 bits per heavy atom. The zero-order valence-corrected chi connectivity index (χ0v) is 16.9. The molecular formula is C22H22FN3OS. The van der Waals surface area contributed by atoms with Crippen molar-refractivity contribution in [3.05, 3.63) is 76.1 Å². The third-order valence-electron chi connectivity index (χ3n) is 4.53. The van der Waals surface area contributed by atoms with Crippen molar-refractivity contribution in [1.29, 1.82) is 0 Å². The summed E-state index contributed by atoms with van der Waals surface area (Å²) in [6, 6.07) is 12.7. The smallest absolute Gasteiger partial charge is 0.205 e. The summed E-state index contributed by atoms with van der Waals surface area (Å²) in [5.74, 6) is 0.609. The number of aromatic nitrogens is 2. The topological polar surface area (TPSA) is 47.0 Å². The monoisotopic (exact) mass is 395 g/mol. The second-order valence-corrected chi connectivity index (χ2v) is 8.76. The molecular weight excluding hydrogens is 373 g/mol. The van der Waals surface area contributed by atoms with Gasteiger partial charge in [-0.15, -0.1) is 10.2 Å². The Hall–Kier alpha value is -2.73. The van der Waals surface area contributed by atoms with E-state index in [1.807, 2.05) is 12.1 Å². The van der Waals surface area contributed by atoms with E-state index in [0.717, 1.165) is 38.2 Å². The molecule has 144 valence electrons. The first-order valence-electron chi connectivity index (χ1n) is 9.20. The first kappa shape index (κ1) is 18.6. The lowest BCUT2D eigenvalue weighted by molar-refractivity contribution is 0.357. The van der Waals surface area contributed by atoms with Gasteiger partial charge in [0, 0.05) is 17.5 Å². The van der Waals surface area contributed by atoms with Crippen LogP contribution in [0.4, 0.5) is 9.52 Å². The molecule has 4 rings (SSSR count). The summed E-state index contributed by atoms with van der Waals surface area (Å²) < 4.78 is 19.1. The molecule has 0 fully saturated rings. The zero-order valence-electron chi connectivity index (χ0n) is 16.1. The summed E-state index contributed by atoms with van der Waals surface area (Å²) in [5, 5.41) is 13.7. The van der Waals surface area contributed by atoms with E-state index < -0.39 is 0 Å². The number of benzene rings is 2. The number of hydrogen-bond acceptors (Lipinski definition) is 5. The van der Waals surface area contributed by atoms with E-state index in [9.17, 15) is 4.39 Å². The van der Waals surface area contributed by atoms with Crippen LogP contribution in [0.25, 0.3) is 5.57 Å². The Balaban J connectivity index is 1.50. The summed E-state index contributed by atoms with van der Waals surface area (Å²) in [6.07, 6.45) is 2.03. The zero-order chi connectivity index (χ0) is 19.7. The molecule has 6 heteroatoms. The van der Waals surface area contributed by atoms with Crippen molar-refractivity contribution >= 4 is 22.0 Å². The predicted octanol–water partition coefficient (Wildman–Crippen LogP) is 5.41. The lowest BCUT2D eigenvalue weighted by Crippen LogP contribution is -2.10. The first-order valence-corrected chi connectivity index (χ1v) is 10.0. The molecule has 2 heterocycles. The fourth-order valence-corrected chi connectivity index (χ4v) is 3.82. The molecule has 0 saturated heterocycles. The van der Waals surface area contributed by atoms with Crippen LogP contribution in [0, 0.1) is 5.82 Å². The highest BCUT2D eigenvalue weighted by molar-refractivity contribution is 7.15. The van der Waals surface area contributed by atoms with Gasteiger partial charge in [-0.05, 0) is 41.0 Å². The molecule has 0 aliphatic carbocycles. The van der Waals surface area contributed by atoms with Crippen LogP contribution < -0.4 is 10.1 Å². The number of nitrogens with one attached hydrogen (secondary N) is 1. The van der Waals surface area contributed by atoms with E-state index in [2.05, 4.69) is 48.4 Å². The van der Waals surface area contributed by atoms with Crippen LogP contribution in [0.5, 0.6) is 5.75 Å². The van der Waals surface area contributed by atoms with E-state index in [1.165, 1.54) is 12.1 Å². The lowest BCUT2D eigenvalue weighted by Gasteiger charge is -2.20. The molecule has 4 nitrogen and oxygen atoms in total. The maximum Gasteiger partial charge on any atom is 0.205 e.